The fourth-order valence-corrected chi connectivity index (χ4v) is 2.59. The SMILES string of the molecule is CCC(C)(C)CCN1CCN(CCC(C)C(C)C)CC1. The molecule has 1 unspecified atom stereocenters. The van der Waals surface area contributed by atoms with Gasteiger partial charge in [0.25, 0.3) is 0 Å². The standard InChI is InChI=1S/C18H38N2/c1-7-18(5,6)9-11-20-14-12-19(13-15-20)10-8-17(4)16(2)3/h16-17H,7-15H2,1-6H3. The maximum atomic E-state index is 2.67. The first-order valence-electron chi connectivity index (χ1n) is 8.79. The van der Waals surface area contributed by atoms with Gasteiger partial charge in [-0.15, -0.1) is 0 Å². The van der Waals surface area contributed by atoms with Crippen LogP contribution in [-0.4, -0.2) is 49.1 Å². The van der Waals surface area contributed by atoms with Gasteiger partial charge < -0.3 is 9.80 Å². The summed E-state index contributed by atoms with van der Waals surface area (Å²) in [5, 5.41) is 0. The van der Waals surface area contributed by atoms with Crippen LogP contribution in [0.2, 0.25) is 0 Å². The van der Waals surface area contributed by atoms with E-state index in [4.69, 9.17) is 0 Å². The van der Waals surface area contributed by atoms with E-state index >= 15 is 0 Å². The molecule has 1 fully saturated rings. The highest BCUT2D eigenvalue weighted by Crippen LogP contribution is 2.24. The van der Waals surface area contributed by atoms with E-state index in [0.717, 1.165) is 11.8 Å². The molecule has 0 aromatic carbocycles. The minimum Gasteiger partial charge on any atom is -0.301 e. The molecule has 0 aromatic rings. The Morgan fingerprint density at radius 1 is 0.900 bits per heavy atom. The van der Waals surface area contributed by atoms with Gasteiger partial charge in [-0.1, -0.05) is 48.0 Å². The summed E-state index contributed by atoms with van der Waals surface area (Å²) in [6, 6.07) is 0. The average molecular weight is 283 g/mol. The van der Waals surface area contributed by atoms with Gasteiger partial charge in [0.15, 0.2) is 0 Å². The van der Waals surface area contributed by atoms with Crippen LogP contribution in [0.5, 0.6) is 0 Å². The van der Waals surface area contributed by atoms with Crippen LogP contribution in [0.15, 0.2) is 0 Å². The summed E-state index contributed by atoms with van der Waals surface area (Å²) < 4.78 is 0. The van der Waals surface area contributed by atoms with Gasteiger partial charge in [0.2, 0.25) is 0 Å². The second kappa shape index (κ2) is 8.38. The van der Waals surface area contributed by atoms with Crippen molar-refractivity contribution in [2.45, 2.75) is 60.8 Å². The normalized spacial score (nSPS) is 20.6. The quantitative estimate of drug-likeness (QED) is 0.661. The van der Waals surface area contributed by atoms with E-state index in [-0.39, 0.29) is 0 Å². The molecule has 1 aliphatic rings. The lowest BCUT2D eigenvalue weighted by atomic mass is 9.86. The molecule has 2 heteroatoms. The third-order valence-electron chi connectivity index (χ3n) is 5.57. The first-order valence-corrected chi connectivity index (χ1v) is 8.79. The minimum absolute atomic E-state index is 0.518. The van der Waals surface area contributed by atoms with Crippen LogP contribution < -0.4 is 0 Å². The summed E-state index contributed by atoms with van der Waals surface area (Å²) in [5.41, 5.74) is 0.518. The number of hydrogen-bond donors (Lipinski definition) is 0. The van der Waals surface area contributed by atoms with Crippen LogP contribution in [0.1, 0.15) is 60.8 Å². The third kappa shape index (κ3) is 6.58. The van der Waals surface area contributed by atoms with Crippen molar-refractivity contribution in [1.29, 1.82) is 0 Å². The van der Waals surface area contributed by atoms with E-state index in [2.05, 4.69) is 51.3 Å². The first-order chi connectivity index (χ1) is 9.34. The highest BCUT2D eigenvalue weighted by molar-refractivity contribution is 4.75. The van der Waals surface area contributed by atoms with Crippen molar-refractivity contribution in [3.05, 3.63) is 0 Å². The van der Waals surface area contributed by atoms with Crippen molar-refractivity contribution < 1.29 is 0 Å². The summed E-state index contributed by atoms with van der Waals surface area (Å²) in [6.45, 7) is 21.9. The van der Waals surface area contributed by atoms with Crippen LogP contribution in [0.25, 0.3) is 0 Å². The monoisotopic (exact) mass is 282 g/mol. The molecule has 0 bridgehead atoms. The zero-order chi connectivity index (χ0) is 15.2. The summed E-state index contributed by atoms with van der Waals surface area (Å²) >= 11 is 0. The van der Waals surface area contributed by atoms with Gasteiger partial charge in [-0.2, -0.15) is 0 Å². The van der Waals surface area contributed by atoms with Crippen molar-refractivity contribution in [2.24, 2.45) is 17.3 Å². The Bertz CT molecular complexity index is 252. The molecular formula is C18H38N2. The van der Waals surface area contributed by atoms with Gasteiger partial charge in [-0.05, 0) is 43.2 Å². The lowest BCUT2D eigenvalue weighted by Crippen LogP contribution is -2.47. The van der Waals surface area contributed by atoms with E-state index in [9.17, 15) is 0 Å². The van der Waals surface area contributed by atoms with Crippen LogP contribution in [0, 0.1) is 17.3 Å². The first kappa shape index (κ1) is 18.0. The molecule has 0 spiro atoms. The van der Waals surface area contributed by atoms with E-state index in [0.29, 0.717) is 5.41 Å². The van der Waals surface area contributed by atoms with Crippen LogP contribution in [0.3, 0.4) is 0 Å². The molecule has 0 aliphatic carbocycles. The fraction of sp³-hybridized carbons (Fsp3) is 1.00. The topological polar surface area (TPSA) is 6.48 Å². The molecule has 1 saturated heterocycles. The number of hydrogen-bond acceptors (Lipinski definition) is 2. The van der Waals surface area contributed by atoms with Crippen molar-refractivity contribution in [1.82, 2.24) is 9.80 Å². The molecule has 0 saturated carbocycles. The Labute approximate surface area is 127 Å². The van der Waals surface area contributed by atoms with Crippen LogP contribution >= 0.6 is 0 Å². The summed E-state index contributed by atoms with van der Waals surface area (Å²) in [4.78, 5) is 5.33. The van der Waals surface area contributed by atoms with Gasteiger partial charge >= 0.3 is 0 Å². The van der Waals surface area contributed by atoms with Crippen LogP contribution in [-0.2, 0) is 0 Å². The number of piperazine rings is 1. The molecule has 1 atom stereocenters. The Balaban J connectivity index is 2.17. The summed E-state index contributed by atoms with van der Waals surface area (Å²) in [5.74, 6) is 1.69. The highest BCUT2D eigenvalue weighted by atomic mass is 15.3. The number of nitrogens with zero attached hydrogens (tertiary/aromatic N) is 2. The van der Waals surface area contributed by atoms with Crippen molar-refractivity contribution in [3.8, 4) is 0 Å². The Hall–Kier alpha value is -0.0800. The van der Waals surface area contributed by atoms with E-state index < -0.39 is 0 Å². The zero-order valence-corrected chi connectivity index (χ0v) is 14.9. The predicted molar refractivity (Wildman–Crippen MR) is 90.2 cm³/mol. The van der Waals surface area contributed by atoms with Gasteiger partial charge in [-0.3, -0.25) is 0 Å². The predicted octanol–water partition coefficient (Wildman–Crippen LogP) is 4.11. The summed E-state index contributed by atoms with van der Waals surface area (Å²) in [6.07, 6.45) is 3.99. The van der Waals surface area contributed by atoms with Crippen molar-refractivity contribution in [3.63, 3.8) is 0 Å². The maximum Gasteiger partial charge on any atom is 0.0110 e. The second-order valence-corrected chi connectivity index (χ2v) is 7.96. The van der Waals surface area contributed by atoms with Crippen molar-refractivity contribution >= 4 is 0 Å². The molecule has 0 radical (unpaired) electrons. The Kier molecular flexibility index (Phi) is 7.53. The van der Waals surface area contributed by atoms with E-state index in [1.807, 2.05) is 0 Å². The molecule has 1 heterocycles. The molecule has 0 aromatic heterocycles. The lowest BCUT2D eigenvalue weighted by molar-refractivity contribution is 0.112. The molecule has 20 heavy (non-hydrogen) atoms. The molecule has 1 aliphatic heterocycles. The smallest absolute Gasteiger partial charge is 0.0110 e. The Morgan fingerprint density at radius 3 is 1.85 bits per heavy atom. The fourth-order valence-electron chi connectivity index (χ4n) is 2.59. The molecule has 1 rings (SSSR count). The van der Waals surface area contributed by atoms with Gasteiger partial charge in [0, 0.05) is 26.2 Å². The Morgan fingerprint density at radius 2 is 1.40 bits per heavy atom. The van der Waals surface area contributed by atoms with Gasteiger partial charge in [0.1, 0.15) is 0 Å². The van der Waals surface area contributed by atoms with E-state index in [1.54, 1.807) is 0 Å². The highest BCUT2D eigenvalue weighted by Gasteiger charge is 2.21. The maximum absolute atomic E-state index is 2.67. The molecule has 0 amide bonds. The lowest BCUT2D eigenvalue weighted by Gasteiger charge is -2.37. The van der Waals surface area contributed by atoms with Gasteiger partial charge in [0.05, 0.1) is 0 Å². The number of rotatable bonds is 8. The molecule has 0 N–H and O–H groups in total. The van der Waals surface area contributed by atoms with Crippen molar-refractivity contribution in [2.75, 3.05) is 39.3 Å². The zero-order valence-electron chi connectivity index (χ0n) is 14.9. The second-order valence-electron chi connectivity index (χ2n) is 7.96. The summed E-state index contributed by atoms with van der Waals surface area (Å²) in [7, 11) is 0. The minimum atomic E-state index is 0.518. The van der Waals surface area contributed by atoms with E-state index in [1.165, 1.54) is 58.5 Å². The largest absolute Gasteiger partial charge is 0.301 e. The molecule has 2 nitrogen and oxygen atoms in total. The third-order valence-corrected chi connectivity index (χ3v) is 5.57. The van der Waals surface area contributed by atoms with Gasteiger partial charge in [-0.25, -0.2) is 0 Å². The molecular weight excluding hydrogens is 244 g/mol. The molecule has 120 valence electrons. The average Bonchev–Trinajstić information content (AvgIpc) is 2.43. The van der Waals surface area contributed by atoms with Crippen LogP contribution in [0.4, 0.5) is 0 Å².